The number of hydrogen-bond donors (Lipinski definition) is 0. The second-order valence-corrected chi connectivity index (χ2v) is 9.30. The van der Waals surface area contributed by atoms with Gasteiger partial charge in [0.05, 0.1) is 11.8 Å². The number of benzene rings is 1. The molecule has 1 saturated carbocycles. The minimum atomic E-state index is 0.333. The van der Waals surface area contributed by atoms with Crippen LogP contribution in [0.5, 0.6) is 0 Å². The first-order valence-electron chi connectivity index (χ1n) is 11.6. The number of aromatic nitrogens is 1. The predicted molar refractivity (Wildman–Crippen MR) is 123 cm³/mol. The van der Waals surface area contributed by atoms with Gasteiger partial charge in [-0.25, -0.2) is 0 Å². The molecule has 0 N–H and O–H groups in total. The van der Waals surface area contributed by atoms with Gasteiger partial charge < -0.3 is 9.80 Å². The molecule has 0 radical (unpaired) electrons. The molecular formula is C26H28N4O. The van der Waals surface area contributed by atoms with Gasteiger partial charge in [-0.05, 0) is 73.6 Å². The molecule has 2 bridgehead atoms. The SMILES string of the molecule is O=C(C1CC1)N1C[C@H]2C[C@@H]1CN2c1ccc(/C=C2\CCCN=C2c2cccnc2)cc1. The number of allylic oxidation sites excluding steroid dienone is 1. The molecule has 0 spiro atoms. The van der Waals surface area contributed by atoms with Crippen LogP contribution < -0.4 is 4.90 Å². The minimum absolute atomic E-state index is 0.333. The van der Waals surface area contributed by atoms with Gasteiger partial charge in [0.15, 0.2) is 0 Å². The van der Waals surface area contributed by atoms with Crippen molar-refractivity contribution in [2.45, 2.75) is 44.2 Å². The van der Waals surface area contributed by atoms with Crippen molar-refractivity contribution >= 4 is 23.4 Å². The first-order valence-corrected chi connectivity index (χ1v) is 11.6. The van der Waals surface area contributed by atoms with E-state index in [9.17, 15) is 4.79 Å². The van der Waals surface area contributed by atoms with Crippen LogP contribution in [0, 0.1) is 5.92 Å². The summed E-state index contributed by atoms with van der Waals surface area (Å²) in [4.78, 5) is 26.2. The molecule has 4 aliphatic rings. The van der Waals surface area contributed by atoms with Crippen molar-refractivity contribution in [1.29, 1.82) is 0 Å². The number of carbonyl (C=O) groups excluding carboxylic acids is 1. The normalized spacial score (nSPS) is 26.5. The van der Waals surface area contributed by atoms with Crippen LogP contribution in [0.25, 0.3) is 6.08 Å². The lowest BCUT2D eigenvalue weighted by atomic mass is 9.95. The van der Waals surface area contributed by atoms with Gasteiger partial charge in [0.2, 0.25) is 5.91 Å². The molecule has 158 valence electrons. The Kier molecular flexibility index (Phi) is 4.62. The summed E-state index contributed by atoms with van der Waals surface area (Å²) in [6.45, 7) is 2.76. The lowest BCUT2D eigenvalue weighted by Crippen LogP contribution is -2.49. The van der Waals surface area contributed by atoms with Crippen LogP contribution in [0.1, 0.15) is 43.2 Å². The van der Waals surface area contributed by atoms with Crippen LogP contribution in [-0.4, -0.2) is 53.2 Å². The van der Waals surface area contributed by atoms with Crippen molar-refractivity contribution in [3.8, 4) is 0 Å². The van der Waals surface area contributed by atoms with Crippen LogP contribution >= 0.6 is 0 Å². The highest BCUT2D eigenvalue weighted by molar-refractivity contribution is 6.15. The number of anilines is 1. The number of aliphatic imine (C=N–C) groups is 1. The van der Waals surface area contributed by atoms with E-state index in [0.717, 1.165) is 63.0 Å². The van der Waals surface area contributed by atoms with Crippen molar-refractivity contribution in [3.63, 3.8) is 0 Å². The maximum absolute atomic E-state index is 12.5. The van der Waals surface area contributed by atoms with E-state index in [1.807, 2.05) is 12.3 Å². The molecule has 1 aromatic heterocycles. The van der Waals surface area contributed by atoms with Crippen LogP contribution in [0.2, 0.25) is 0 Å². The van der Waals surface area contributed by atoms with E-state index in [2.05, 4.69) is 51.2 Å². The van der Waals surface area contributed by atoms with Crippen molar-refractivity contribution < 1.29 is 4.79 Å². The molecule has 0 unspecified atom stereocenters. The van der Waals surface area contributed by atoms with E-state index in [1.54, 1.807) is 6.20 Å². The molecular weight excluding hydrogens is 384 g/mol. The average Bonchev–Trinajstić information content (AvgIpc) is 3.48. The van der Waals surface area contributed by atoms with Gasteiger partial charge in [0, 0.05) is 55.2 Å². The molecule has 2 aromatic rings. The van der Waals surface area contributed by atoms with Gasteiger partial charge in [-0.15, -0.1) is 0 Å². The molecule has 4 heterocycles. The summed E-state index contributed by atoms with van der Waals surface area (Å²) in [5.74, 6) is 0.743. The molecule has 1 aliphatic carbocycles. The lowest BCUT2D eigenvalue weighted by Gasteiger charge is -2.35. The van der Waals surface area contributed by atoms with E-state index in [1.165, 1.54) is 16.8 Å². The highest BCUT2D eigenvalue weighted by atomic mass is 16.2. The molecule has 2 saturated heterocycles. The van der Waals surface area contributed by atoms with Crippen molar-refractivity contribution in [3.05, 3.63) is 65.5 Å². The van der Waals surface area contributed by atoms with Gasteiger partial charge in [0.25, 0.3) is 0 Å². The minimum Gasteiger partial charge on any atom is -0.365 e. The third-order valence-corrected chi connectivity index (χ3v) is 7.13. The fourth-order valence-electron chi connectivity index (χ4n) is 5.38. The molecule has 1 aromatic carbocycles. The van der Waals surface area contributed by atoms with Gasteiger partial charge in [-0.3, -0.25) is 14.8 Å². The van der Waals surface area contributed by atoms with Crippen LogP contribution in [-0.2, 0) is 4.79 Å². The Morgan fingerprint density at radius 3 is 2.65 bits per heavy atom. The number of likely N-dealkylation sites (tertiary alicyclic amines) is 1. The van der Waals surface area contributed by atoms with Gasteiger partial charge >= 0.3 is 0 Å². The number of piperazine rings is 1. The number of rotatable bonds is 4. The average molecular weight is 413 g/mol. The molecule has 2 atom stereocenters. The summed E-state index contributed by atoms with van der Waals surface area (Å²) < 4.78 is 0. The number of hydrogen-bond acceptors (Lipinski definition) is 4. The van der Waals surface area contributed by atoms with E-state index < -0.39 is 0 Å². The topological polar surface area (TPSA) is 48.8 Å². The smallest absolute Gasteiger partial charge is 0.226 e. The number of nitrogens with zero attached hydrogens (tertiary/aromatic N) is 4. The van der Waals surface area contributed by atoms with Crippen molar-refractivity contribution in [2.24, 2.45) is 10.9 Å². The van der Waals surface area contributed by atoms with Gasteiger partial charge in [-0.2, -0.15) is 0 Å². The Hall–Kier alpha value is -2.95. The monoisotopic (exact) mass is 412 g/mol. The van der Waals surface area contributed by atoms with Crippen LogP contribution in [0.15, 0.2) is 59.4 Å². The second kappa shape index (κ2) is 7.63. The number of fused-ring (bicyclic) bond motifs is 2. The zero-order chi connectivity index (χ0) is 20.8. The molecule has 31 heavy (non-hydrogen) atoms. The predicted octanol–water partition coefficient (Wildman–Crippen LogP) is 3.95. The zero-order valence-electron chi connectivity index (χ0n) is 17.8. The van der Waals surface area contributed by atoms with E-state index in [0.29, 0.717) is 23.9 Å². The summed E-state index contributed by atoms with van der Waals surface area (Å²) in [7, 11) is 0. The Morgan fingerprint density at radius 1 is 1.06 bits per heavy atom. The highest BCUT2D eigenvalue weighted by Crippen LogP contribution is 2.39. The lowest BCUT2D eigenvalue weighted by molar-refractivity contribution is -0.133. The summed E-state index contributed by atoms with van der Waals surface area (Å²) in [6, 6.07) is 13.9. The van der Waals surface area contributed by atoms with E-state index in [4.69, 9.17) is 4.99 Å². The summed E-state index contributed by atoms with van der Waals surface area (Å²) >= 11 is 0. The Labute approximate surface area is 183 Å². The first-order chi connectivity index (χ1) is 15.3. The number of pyridine rings is 1. The first kappa shape index (κ1) is 18.8. The maximum Gasteiger partial charge on any atom is 0.226 e. The Morgan fingerprint density at radius 2 is 1.94 bits per heavy atom. The molecule has 6 rings (SSSR count). The van der Waals surface area contributed by atoms with Gasteiger partial charge in [0.1, 0.15) is 0 Å². The molecule has 3 aliphatic heterocycles. The molecule has 1 amide bonds. The van der Waals surface area contributed by atoms with Crippen molar-refractivity contribution in [1.82, 2.24) is 9.88 Å². The van der Waals surface area contributed by atoms with Crippen molar-refractivity contribution in [2.75, 3.05) is 24.5 Å². The van der Waals surface area contributed by atoms with Gasteiger partial charge in [-0.1, -0.05) is 12.1 Å². The van der Waals surface area contributed by atoms with E-state index >= 15 is 0 Å². The van der Waals surface area contributed by atoms with Crippen LogP contribution in [0.4, 0.5) is 5.69 Å². The Balaban J connectivity index is 1.17. The van der Waals surface area contributed by atoms with E-state index in [-0.39, 0.29) is 0 Å². The third-order valence-electron chi connectivity index (χ3n) is 7.13. The standard InChI is InChI=1S/C26H28N4O/c31-26(19-7-8-19)30-17-23-14-24(30)16-29(23)22-9-5-18(6-10-22)13-20-3-2-12-28-25(20)21-4-1-11-27-15-21/h1,4-6,9-11,13,15,19,23-24H,2-3,7-8,12,14,16-17H2/b20-13+/t23-,24-/m1/s1. The highest BCUT2D eigenvalue weighted by Gasteiger charge is 2.48. The largest absolute Gasteiger partial charge is 0.365 e. The van der Waals surface area contributed by atoms with Crippen LogP contribution in [0.3, 0.4) is 0 Å². The molecule has 5 nitrogen and oxygen atoms in total. The summed E-state index contributed by atoms with van der Waals surface area (Å²) in [5, 5.41) is 0. The fraction of sp³-hybridized carbons (Fsp3) is 0.423. The zero-order valence-corrected chi connectivity index (χ0v) is 17.8. The summed E-state index contributed by atoms with van der Waals surface area (Å²) in [5.41, 5.74) is 5.97. The Bertz CT molecular complexity index is 1040. The second-order valence-electron chi connectivity index (χ2n) is 9.30. The summed E-state index contributed by atoms with van der Waals surface area (Å²) in [6.07, 6.45) is 11.5. The number of carbonyl (C=O) groups is 1. The third kappa shape index (κ3) is 3.56. The quantitative estimate of drug-likeness (QED) is 0.764. The molecule has 5 heteroatoms. The molecule has 3 fully saturated rings. The fourth-order valence-corrected chi connectivity index (χ4v) is 5.38. The maximum atomic E-state index is 12.5. The number of amides is 1.